The number of allylic oxidation sites excluding steroid dienone is 2. The molecule has 0 spiro atoms. The van der Waals surface area contributed by atoms with Crippen molar-refractivity contribution in [1.82, 2.24) is 5.32 Å². The molecule has 0 radical (unpaired) electrons. The van der Waals surface area contributed by atoms with Crippen molar-refractivity contribution in [3.63, 3.8) is 0 Å². The molecule has 102 valence electrons. The summed E-state index contributed by atoms with van der Waals surface area (Å²) in [6.45, 7) is 13.3. The van der Waals surface area contributed by atoms with Crippen LogP contribution in [0, 0.1) is 34.5 Å². The van der Waals surface area contributed by atoms with Gasteiger partial charge in [0.15, 0.2) is 0 Å². The lowest BCUT2D eigenvalue weighted by Crippen LogP contribution is -2.37. The van der Waals surface area contributed by atoms with E-state index in [1.807, 2.05) is 0 Å². The molecule has 0 heterocycles. The molecule has 1 nitrogen and oxygen atoms in total. The van der Waals surface area contributed by atoms with Gasteiger partial charge in [0.05, 0.1) is 0 Å². The average Bonchev–Trinajstić information content (AvgIpc) is 2.78. The van der Waals surface area contributed by atoms with Crippen LogP contribution in [-0.2, 0) is 0 Å². The quantitative estimate of drug-likeness (QED) is 0.744. The second-order valence-corrected chi connectivity index (χ2v) is 8.14. The molecule has 0 aromatic carbocycles. The predicted octanol–water partition coefficient (Wildman–Crippen LogP) is 3.86. The summed E-state index contributed by atoms with van der Waals surface area (Å²) in [5.74, 6) is 3.52. The molecule has 4 unspecified atom stereocenters. The fraction of sp³-hybridized carbons (Fsp3) is 0.882. The topological polar surface area (TPSA) is 12.0 Å². The van der Waals surface area contributed by atoms with Gasteiger partial charge in [0.2, 0.25) is 0 Å². The Hall–Kier alpha value is -0.300. The van der Waals surface area contributed by atoms with Gasteiger partial charge in [-0.25, -0.2) is 0 Å². The van der Waals surface area contributed by atoms with Crippen LogP contribution >= 0.6 is 0 Å². The van der Waals surface area contributed by atoms with E-state index in [1.165, 1.54) is 19.4 Å². The molecule has 3 rings (SSSR count). The van der Waals surface area contributed by atoms with E-state index in [-0.39, 0.29) is 0 Å². The molecule has 2 bridgehead atoms. The third kappa shape index (κ3) is 1.70. The summed E-state index contributed by atoms with van der Waals surface area (Å²) in [4.78, 5) is 0. The number of fused-ring (bicyclic) bond motifs is 2. The van der Waals surface area contributed by atoms with E-state index in [0.29, 0.717) is 16.9 Å². The molecule has 2 fully saturated rings. The van der Waals surface area contributed by atoms with E-state index in [1.54, 1.807) is 0 Å². The minimum atomic E-state index is 0.522. The van der Waals surface area contributed by atoms with Crippen molar-refractivity contribution < 1.29 is 0 Å². The van der Waals surface area contributed by atoms with Gasteiger partial charge in [-0.15, -0.1) is 0 Å². The summed E-state index contributed by atoms with van der Waals surface area (Å²) in [5.41, 5.74) is 1.04. The lowest BCUT2D eigenvalue weighted by Gasteiger charge is -2.26. The molecule has 3 aliphatic rings. The molecule has 0 saturated heterocycles. The normalized spacial score (nSPS) is 41.3. The highest BCUT2D eigenvalue weighted by Gasteiger charge is 2.64. The predicted molar refractivity (Wildman–Crippen MR) is 77.4 cm³/mol. The number of nitrogens with one attached hydrogen (secondary N) is 1. The lowest BCUT2D eigenvalue weighted by molar-refractivity contribution is 0.317. The van der Waals surface area contributed by atoms with E-state index in [9.17, 15) is 0 Å². The average molecular weight is 247 g/mol. The first-order chi connectivity index (χ1) is 8.34. The van der Waals surface area contributed by atoms with Gasteiger partial charge in [0.25, 0.3) is 0 Å². The van der Waals surface area contributed by atoms with Crippen LogP contribution in [0.1, 0.15) is 47.5 Å². The van der Waals surface area contributed by atoms with Crippen LogP contribution in [-0.4, -0.2) is 12.6 Å². The zero-order valence-electron chi connectivity index (χ0n) is 12.7. The second kappa shape index (κ2) is 3.85. The van der Waals surface area contributed by atoms with Crippen LogP contribution in [0.25, 0.3) is 0 Å². The maximum absolute atomic E-state index is 3.85. The van der Waals surface area contributed by atoms with Crippen LogP contribution in [0.15, 0.2) is 12.2 Å². The van der Waals surface area contributed by atoms with Gasteiger partial charge >= 0.3 is 0 Å². The fourth-order valence-corrected chi connectivity index (χ4v) is 4.70. The standard InChI is InChI=1S/C17H29N/c1-11(14-9-12-6-7-13(14)8-12)18-10-15-16(2,3)17(15,4)5/h6-7,11-15,18H,8-10H2,1-5H3. The SMILES string of the molecule is CC(NCC1C(C)(C)C1(C)C)C1CC2C=CC1C2. The van der Waals surface area contributed by atoms with Crippen LogP contribution in [0.5, 0.6) is 0 Å². The maximum atomic E-state index is 3.85. The highest BCUT2D eigenvalue weighted by molar-refractivity contribution is 5.14. The van der Waals surface area contributed by atoms with Gasteiger partial charge in [-0.2, -0.15) is 0 Å². The van der Waals surface area contributed by atoms with Gasteiger partial charge in [-0.05, 0) is 60.8 Å². The zero-order valence-corrected chi connectivity index (χ0v) is 12.7. The number of hydrogen-bond donors (Lipinski definition) is 1. The number of rotatable bonds is 4. The largest absolute Gasteiger partial charge is 0.314 e. The van der Waals surface area contributed by atoms with Crippen LogP contribution in [0.3, 0.4) is 0 Å². The molecule has 18 heavy (non-hydrogen) atoms. The summed E-state index contributed by atoms with van der Waals surface area (Å²) in [7, 11) is 0. The van der Waals surface area contributed by atoms with Crippen LogP contribution in [0.4, 0.5) is 0 Å². The fourth-order valence-electron chi connectivity index (χ4n) is 4.70. The molecule has 0 aromatic rings. The molecule has 3 aliphatic carbocycles. The van der Waals surface area contributed by atoms with Gasteiger partial charge in [0.1, 0.15) is 0 Å². The van der Waals surface area contributed by atoms with Crippen molar-refractivity contribution in [2.45, 2.75) is 53.5 Å². The maximum Gasteiger partial charge on any atom is 0.00729 e. The van der Waals surface area contributed by atoms with Gasteiger partial charge in [0, 0.05) is 6.04 Å². The zero-order chi connectivity index (χ0) is 13.1. The first kappa shape index (κ1) is 12.7. The monoisotopic (exact) mass is 247 g/mol. The summed E-state index contributed by atoms with van der Waals surface area (Å²) in [6, 6.07) is 0.692. The summed E-state index contributed by atoms with van der Waals surface area (Å²) >= 11 is 0. The second-order valence-electron chi connectivity index (χ2n) is 8.14. The van der Waals surface area contributed by atoms with E-state index >= 15 is 0 Å². The highest BCUT2D eigenvalue weighted by atomic mass is 14.9. The van der Waals surface area contributed by atoms with Crippen molar-refractivity contribution in [2.75, 3.05) is 6.54 Å². The first-order valence-corrected chi connectivity index (χ1v) is 7.75. The van der Waals surface area contributed by atoms with Crippen LogP contribution < -0.4 is 5.32 Å². The summed E-state index contributed by atoms with van der Waals surface area (Å²) in [5, 5.41) is 3.85. The van der Waals surface area contributed by atoms with Crippen molar-refractivity contribution in [3.05, 3.63) is 12.2 Å². The third-order valence-corrected chi connectivity index (χ3v) is 6.94. The molecular weight excluding hydrogens is 218 g/mol. The minimum Gasteiger partial charge on any atom is -0.314 e. The van der Waals surface area contributed by atoms with E-state index in [2.05, 4.69) is 52.1 Å². The van der Waals surface area contributed by atoms with E-state index in [0.717, 1.165) is 23.7 Å². The van der Waals surface area contributed by atoms with Gasteiger partial charge < -0.3 is 5.32 Å². The van der Waals surface area contributed by atoms with Crippen molar-refractivity contribution >= 4 is 0 Å². The third-order valence-electron chi connectivity index (χ3n) is 6.94. The molecule has 0 amide bonds. The summed E-state index contributed by atoms with van der Waals surface area (Å²) in [6.07, 6.45) is 7.77. The molecular formula is C17H29N. The lowest BCUT2D eigenvalue weighted by atomic mass is 9.87. The Morgan fingerprint density at radius 3 is 2.22 bits per heavy atom. The van der Waals surface area contributed by atoms with Gasteiger partial charge in [-0.1, -0.05) is 39.8 Å². The Morgan fingerprint density at radius 1 is 1.11 bits per heavy atom. The first-order valence-electron chi connectivity index (χ1n) is 7.75. The van der Waals surface area contributed by atoms with Crippen molar-refractivity contribution in [2.24, 2.45) is 34.5 Å². The minimum absolute atomic E-state index is 0.522. The van der Waals surface area contributed by atoms with E-state index in [4.69, 9.17) is 0 Å². The Balaban J connectivity index is 1.51. The molecule has 1 N–H and O–H groups in total. The molecule has 0 aromatic heterocycles. The Kier molecular flexibility index (Phi) is 2.72. The highest BCUT2D eigenvalue weighted by Crippen LogP contribution is 2.68. The molecule has 2 saturated carbocycles. The van der Waals surface area contributed by atoms with Crippen molar-refractivity contribution in [3.8, 4) is 0 Å². The Labute approximate surface area is 112 Å². The molecule has 0 aliphatic heterocycles. The van der Waals surface area contributed by atoms with Crippen molar-refractivity contribution in [1.29, 1.82) is 0 Å². The summed E-state index contributed by atoms with van der Waals surface area (Å²) < 4.78 is 0. The Bertz CT molecular complexity index is 352. The van der Waals surface area contributed by atoms with E-state index < -0.39 is 0 Å². The Morgan fingerprint density at radius 2 is 1.78 bits per heavy atom. The number of hydrogen-bond acceptors (Lipinski definition) is 1. The molecule has 1 heteroatoms. The smallest absolute Gasteiger partial charge is 0.00729 e. The van der Waals surface area contributed by atoms with Gasteiger partial charge in [-0.3, -0.25) is 0 Å². The van der Waals surface area contributed by atoms with Crippen LogP contribution in [0.2, 0.25) is 0 Å². The molecule has 4 atom stereocenters.